The number of hydrogen-bond acceptors (Lipinski definition) is 4. The van der Waals surface area contributed by atoms with Crippen LogP contribution in [0.25, 0.3) is 11.3 Å². The fourth-order valence-corrected chi connectivity index (χ4v) is 2.07. The maximum atomic E-state index is 5.59. The Hall–Kier alpha value is -2.01. The topological polar surface area (TPSA) is 73.2 Å². The van der Waals surface area contributed by atoms with Crippen molar-refractivity contribution in [3.8, 4) is 22.8 Å². The molecule has 3 N–H and O–H groups in total. The van der Waals surface area contributed by atoms with Gasteiger partial charge in [0.05, 0.1) is 5.69 Å². The van der Waals surface area contributed by atoms with Crippen LogP contribution in [-0.4, -0.2) is 23.4 Å². The molecule has 0 saturated carbocycles. The van der Waals surface area contributed by atoms with E-state index in [-0.39, 0.29) is 0 Å². The van der Waals surface area contributed by atoms with E-state index < -0.39 is 0 Å². The number of aromatic nitrogens is 2. The summed E-state index contributed by atoms with van der Waals surface area (Å²) in [6.45, 7) is 3.68. The van der Waals surface area contributed by atoms with Gasteiger partial charge in [0, 0.05) is 17.8 Å². The van der Waals surface area contributed by atoms with Crippen LogP contribution in [0.15, 0.2) is 18.2 Å². The van der Waals surface area contributed by atoms with Gasteiger partial charge in [0.15, 0.2) is 11.5 Å². The molecule has 0 atom stereocenters. The van der Waals surface area contributed by atoms with Gasteiger partial charge in [-0.2, -0.15) is 5.10 Å². The van der Waals surface area contributed by atoms with E-state index >= 15 is 0 Å². The van der Waals surface area contributed by atoms with Crippen LogP contribution in [0.1, 0.15) is 11.3 Å². The Balaban J connectivity index is 2.06. The van der Waals surface area contributed by atoms with Crippen LogP contribution in [0.3, 0.4) is 0 Å². The summed E-state index contributed by atoms with van der Waals surface area (Å²) in [4.78, 5) is 0. The standard InChI is InChI=1S/C13H15N3O2/c1-8-4-12-13(18-3-2-17-12)6-10(8)11-5-9(7-14)15-16-11/h4-6H,2-3,7,14H2,1H3,(H,15,16). The second-order valence-corrected chi connectivity index (χ2v) is 4.29. The van der Waals surface area contributed by atoms with Crippen molar-refractivity contribution in [1.29, 1.82) is 0 Å². The highest BCUT2D eigenvalue weighted by Gasteiger charge is 2.16. The molecule has 0 saturated heterocycles. The van der Waals surface area contributed by atoms with Crippen LogP contribution in [0.5, 0.6) is 11.5 Å². The van der Waals surface area contributed by atoms with Crippen molar-refractivity contribution in [3.63, 3.8) is 0 Å². The molecule has 1 aliphatic heterocycles. The van der Waals surface area contributed by atoms with Crippen molar-refractivity contribution < 1.29 is 9.47 Å². The third kappa shape index (κ3) is 1.82. The highest BCUT2D eigenvalue weighted by molar-refractivity contribution is 5.68. The lowest BCUT2D eigenvalue weighted by Gasteiger charge is -2.19. The number of nitrogens with zero attached hydrogens (tertiary/aromatic N) is 1. The van der Waals surface area contributed by atoms with E-state index in [1.165, 1.54) is 0 Å². The molecule has 0 fully saturated rings. The Morgan fingerprint density at radius 1 is 1.22 bits per heavy atom. The molecular formula is C13H15N3O2. The lowest BCUT2D eigenvalue weighted by atomic mass is 10.0. The Morgan fingerprint density at radius 3 is 2.61 bits per heavy atom. The maximum absolute atomic E-state index is 5.59. The van der Waals surface area contributed by atoms with E-state index in [0.717, 1.165) is 34.0 Å². The van der Waals surface area contributed by atoms with E-state index in [2.05, 4.69) is 10.2 Å². The molecule has 0 aliphatic carbocycles. The summed E-state index contributed by atoms with van der Waals surface area (Å²) in [5.74, 6) is 1.58. The van der Waals surface area contributed by atoms with Gasteiger partial charge in [-0.25, -0.2) is 0 Å². The van der Waals surface area contributed by atoms with Gasteiger partial charge in [-0.1, -0.05) is 0 Å². The molecule has 5 nitrogen and oxygen atoms in total. The fourth-order valence-electron chi connectivity index (χ4n) is 2.07. The van der Waals surface area contributed by atoms with Crippen LogP contribution in [0.4, 0.5) is 0 Å². The fraction of sp³-hybridized carbons (Fsp3) is 0.308. The number of ether oxygens (including phenoxy) is 2. The van der Waals surface area contributed by atoms with E-state index in [9.17, 15) is 0 Å². The first kappa shape index (κ1) is 11.1. The summed E-state index contributed by atoms with van der Waals surface area (Å²) >= 11 is 0. The molecule has 1 aromatic heterocycles. The maximum Gasteiger partial charge on any atom is 0.162 e. The molecular weight excluding hydrogens is 230 g/mol. The zero-order chi connectivity index (χ0) is 12.5. The van der Waals surface area contributed by atoms with Gasteiger partial charge in [-0.15, -0.1) is 0 Å². The largest absolute Gasteiger partial charge is 0.486 e. The Kier molecular flexibility index (Phi) is 2.68. The number of hydrogen-bond donors (Lipinski definition) is 2. The minimum atomic E-state index is 0.455. The first-order valence-electron chi connectivity index (χ1n) is 5.93. The van der Waals surface area contributed by atoms with Crippen molar-refractivity contribution >= 4 is 0 Å². The van der Waals surface area contributed by atoms with Crippen molar-refractivity contribution in [2.24, 2.45) is 5.73 Å². The quantitative estimate of drug-likeness (QED) is 0.843. The second kappa shape index (κ2) is 4.34. The van der Waals surface area contributed by atoms with E-state index in [0.29, 0.717) is 19.8 Å². The normalized spacial score (nSPS) is 13.7. The van der Waals surface area contributed by atoms with Gasteiger partial charge < -0.3 is 15.2 Å². The third-order valence-corrected chi connectivity index (χ3v) is 3.02. The van der Waals surface area contributed by atoms with Crippen molar-refractivity contribution in [1.82, 2.24) is 10.2 Å². The summed E-state index contributed by atoms with van der Waals surface area (Å²) < 4.78 is 11.1. The first-order valence-corrected chi connectivity index (χ1v) is 5.93. The minimum absolute atomic E-state index is 0.455. The number of aryl methyl sites for hydroxylation is 1. The monoisotopic (exact) mass is 245 g/mol. The van der Waals surface area contributed by atoms with Gasteiger partial charge in [-0.05, 0) is 30.7 Å². The number of rotatable bonds is 2. The lowest BCUT2D eigenvalue weighted by Crippen LogP contribution is -2.15. The molecule has 94 valence electrons. The summed E-state index contributed by atoms with van der Waals surface area (Å²) in [6.07, 6.45) is 0. The molecule has 2 heterocycles. The average molecular weight is 245 g/mol. The van der Waals surface area contributed by atoms with Crippen LogP contribution in [0.2, 0.25) is 0 Å². The molecule has 0 bridgehead atoms. The smallest absolute Gasteiger partial charge is 0.162 e. The summed E-state index contributed by atoms with van der Waals surface area (Å²) in [7, 11) is 0. The number of H-pyrrole nitrogens is 1. The van der Waals surface area contributed by atoms with Gasteiger partial charge in [0.25, 0.3) is 0 Å². The zero-order valence-electron chi connectivity index (χ0n) is 10.2. The first-order chi connectivity index (χ1) is 8.78. The summed E-state index contributed by atoms with van der Waals surface area (Å²) in [5.41, 5.74) is 9.51. The molecule has 2 aromatic rings. The van der Waals surface area contributed by atoms with Crippen molar-refractivity contribution in [3.05, 3.63) is 29.5 Å². The molecule has 0 radical (unpaired) electrons. The highest BCUT2D eigenvalue weighted by Crippen LogP contribution is 2.36. The summed E-state index contributed by atoms with van der Waals surface area (Å²) in [5, 5.41) is 7.18. The average Bonchev–Trinajstić information content (AvgIpc) is 2.86. The SMILES string of the molecule is Cc1cc2c(cc1-c1cc(CN)[nH]n1)OCCO2. The third-order valence-electron chi connectivity index (χ3n) is 3.02. The van der Waals surface area contributed by atoms with Crippen LogP contribution < -0.4 is 15.2 Å². The Morgan fingerprint density at radius 2 is 1.94 bits per heavy atom. The molecule has 1 aliphatic rings. The molecule has 3 rings (SSSR count). The predicted octanol–water partition coefficient (Wildman–Crippen LogP) is 1.62. The van der Waals surface area contributed by atoms with Gasteiger partial charge >= 0.3 is 0 Å². The molecule has 0 unspecified atom stereocenters. The molecule has 1 aromatic carbocycles. The molecule has 0 amide bonds. The number of nitrogens with one attached hydrogen (secondary N) is 1. The van der Waals surface area contributed by atoms with Crippen molar-refractivity contribution in [2.45, 2.75) is 13.5 Å². The molecule has 0 spiro atoms. The second-order valence-electron chi connectivity index (χ2n) is 4.29. The van der Waals surface area contributed by atoms with E-state index in [1.54, 1.807) is 0 Å². The summed E-state index contributed by atoms with van der Waals surface area (Å²) in [6, 6.07) is 5.92. The van der Waals surface area contributed by atoms with Crippen LogP contribution >= 0.6 is 0 Å². The minimum Gasteiger partial charge on any atom is -0.486 e. The molecule has 5 heteroatoms. The number of fused-ring (bicyclic) bond motifs is 1. The zero-order valence-corrected chi connectivity index (χ0v) is 10.2. The van der Waals surface area contributed by atoms with Gasteiger partial charge in [0.1, 0.15) is 13.2 Å². The lowest BCUT2D eigenvalue weighted by molar-refractivity contribution is 0.171. The van der Waals surface area contributed by atoms with Crippen LogP contribution in [0, 0.1) is 6.92 Å². The molecule has 18 heavy (non-hydrogen) atoms. The Labute approximate surface area is 105 Å². The van der Waals surface area contributed by atoms with Crippen molar-refractivity contribution in [2.75, 3.05) is 13.2 Å². The van der Waals surface area contributed by atoms with Crippen LogP contribution in [-0.2, 0) is 6.54 Å². The number of nitrogens with two attached hydrogens (primary N) is 1. The number of benzene rings is 1. The predicted molar refractivity (Wildman–Crippen MR) is 67.6 cm³/mol. The van der Waals surface area contributed by atoms with Gasteiger partial charge in [0.2, 0.25) is 0 Å². The van der Waals surface area contributed by atoms with E-state index in [1.807, 2.05) is 25.1 Å². The van der Waals surface area contributed by atoms with Gasteiger partial charge in [-0.3, -0.25) is 5.10 Å². The highest BCUT2D eigenvalue weighted by atomic mass is 16.6. The number of aromatic amines is 1. The Bertz CT molecular complexity index is 578. The van der Waals surface area contributed by atoms with E-state index in [4.69, 9.17) is 15.2 Å².